The Bertz CT molecular complexity index is 1250. The molecule has 156 valence electrons. The van der Waals surface area contributed by atoms with Crippen molar-refractivity contribution in [2.24, 2.45) is 0 Å². The number of amides is 2. The van der Waals surface area contributed by atoms with E-state index in [2.05, 4.69) is 20.4 Å². The lowest BCUT2D eigenvalue weighted by atomic mass is 10.1. The number of hydrogen-bond donors (Lipinski definition) is 1. The lowest BCUT2D eigenvalue weighted by molar-refractivity contribution is -0.116. The highest BCUT2D eigenvalue weighted by Crippen LogP contribution is 2.21. The quantitative estimate of drug-likeness (QED) is 0.538. The Labute approximate surface area is 177 Å². The SMILES string of the molecule is CC(=O)N(C)c1ccc(CNC(=O)c2cncc3c2cnn3-c2ccc(F)cc2)cn1. The van der Waals surface area contributed by atoms with Crippen LogP contribution in [-0.4, -0.2) is 38.6 Å². The minimum atomic E-state index is -0.339. The summed E-state index contributed by atoms with van der Waals surface area (Å²) in [6, 6.07) is 9.43. The molecule has 1 aromatic carbocycles. The van der Waals surface area contributed by atoms with Crippen molar-refractivity contribution in [3.63, 3.8) is 0 Å². The number of fused-ring (bicyclic) bond motifs is 1. The molecular weight excluding hydrogens is 399 g/mol. The first-order valence-electron chi connectivity index (χ1n) is 9.49. The van der Waals surface area contributed by atoms with Crippen molar-refractivity contribution in [1.29, 1.82) is 0 Å². The predicted molar refractivity (Wildman–Crippen MR) is 113 cm³/mol. The summed E-state index contributed by atoms with van der Waals surface area (Å²) >= 11 is 0. The van der Waals surface area contributed by atoms with Crippen LogP contribution in [0.25, 0.3) is 16.6 Å². The van der Waals surface area contributed by atoms with E-state index >= 15 is 0 Å². The van der Waals surface area contributed by atoms with Gasteiger partial charge in [0.15, 0.2) is 0 Å². The molecule has 0 aliphatic carbocycles. The molecule has 0 fully saturated rings. The third-order valence-corrected chi connectivity index (χ3v) is 4.89. The molecule has 9 heteroatoms. The van der Waals surface area contributed by atoms with E-state index in [1.165, 1.54) is 30.2 Å². The molecule has 4 rings (SSSR count). The van der Waals surface area contributed by atoms with Crippen LogP contribution in [-0.2, 0) is 11.3 Å². The monoisotopic (exact) mass is 418 g/mol. The normalized spacial score (nSPS) is 10.8. The molecule has 0 saturated carbocycles. The number of pyridine rings is 2. The summed E-state index contributed by atoms with van der Waals surface area (Å²) in [4.78, 5) is 34.0. The Morgan fingerprint density at radius 1 is 1.06 bits per heavy atom. The highest BCUT2D eigenvalue weighted by atomic mass is 19.1. The first kappa shape index (κ1) is 20.1. The third kappa shape index (κ3) is 4.11. The molecule has 0 unspecified atom stereocenters. The fourth-order valence-electron chi connectivity index (χ4n) is 3.07. The second-order valence-corrected chi connectivity index (χ2v) is 6.94. The van der Waals surface area contributed by atoms with Crippen molar-refractivity contribution in [1.82, 2.24) is 25.1 Å². The van der Waals surface area contributed by atoms with Gasteiger partial charge in [0, 0.05) is 38.3 Å². The molecule has 0 aliphatic heterocycles. The fourth-order valence-corrected chi connectivity index (χ4v) is 3.07. The Morgan fingerprint density at radius 3 is 2.52 bits per heavy atom. The summed E-state index contributed by atoms with van der Waals surface area (Å²) in [5.41, 5.74) is 2.47. The third-order valence-electron chi connectivity index (χ3n) is 4.89. The molecule has 3 aromatic heterocycles. The molecule has 0 spiro atoms. The van der Waals surface area contributed by atoms with E-state index in [0.29, 0.717) is 28.0 Å². The summed E-state index contributed by atoms with van der Waals surface area (Å²) in [6.45, 7) is 1.72. The Morgan fingerprint density at radius 2 is 1.84 bits per heavy atom. The van der Waals surface area contributed by atoms with Gasteiger partial charge in [-0.15, -0.1) is 0 Å². The van der Waals surface area contributed by atoms with Gasteiger partial charge < -0.3 is 10.2 Å². The molecule has 31 heavy (non-hydrogen) atoms. The maximum atomic E-state index is 13.2. The molecule has 0 saturated heterocycles. The molecular formula is C22H19FN6O2. The van der Waals surface area contributed by atoms with E-state index in [0.717, 1.165) is 5.56 Å². The van der Waals surface area contributed by atoms with Gasteiger partial charge in [0.2, 0.25) is 5.91 Å². The first-order chi connectivity index (χ1) is 14.9. The molecule has 0 bridgehead atoms. The summed E-state index contributed by atoms with van der Waals surface area (Å²) in [7, 11) is 1.64. The number of anilines is 1. The van der Waals surface area contributed by atoms with E-state index in [-0.39, 0.29) is 24.2 Å². The zero-order valence-corrected chi connectivity index (χ0v) is 16.9. The zero-order chi connectivity index (χ0) is 22.0. The maximum absolute atomic E-state index is 13.2. The van der Waals surface area contributed by atoms with Crippen LogP contribution in [0.4, 0.5) is 10.2 Å². The standard InChI is InChI=1S/C22H19FN6O2/c1-14(30)28(2)21-8-3-15(9-25-21)10-26-22(31)19-11-24-13-20-18(19)12-27-29(20)17-6-4-16(23)5-7-17/h3-9,11-13H,10H2,1-2H3,(H,26,31). The molecule has 3 heterocycles. The predicted octanol–water partition coefficient (Wildman–Crippen LogP) is 2.87. The Kier molecular flexibility index (Phi) is 5.40. The van der Waals surface area contributed by atoms with Gasteiger partial charge in [-0.2, -0.15) is 5.10 Å². The number of halogens is 1. The highest BCUT2D eigenvalue weighted by Gasteiger charge is 2.15. The largest absolute Gasteiger partial charge is 0.348 e. The van der Waals surface area contributed by atoms with E-state index in [4.69, 9.17) is 0 Å². The summed E-state index contributed by atoms with van der Waals surface area (Å²) < 4.78 is 14.8. The average molecular weight is 418 g/mol. The molecule has 0 atom stereocenters. The van der Waals surface area contributed by atoms with E-state index in [1.807, 2.05) is 0 Å². The molecule has 2 amide bonds. The fraction of sp³-hybridized carbons (Fsp3) is 0.136. The number of rotatable bonds is 5. The van der Waals surface area contributed by atoms with Gasteiger partial charge in [-0.1, -0.05) is 6.07 Å². The van der Waals surface area contributed by atoms with Crippen LogP contribution >= 0.6 is 0 Å². The van der Waals surface area contributed by atoms with Crippen molar-refractivity contribution in [2.75, 3.05) is 11.9 Å². The number of carbonyl (C=O) groups excluding carboxylic acids is 2. The van der Waals surface area contributed by atoms with Crippen LogP contribution in [0.3, 0.4) is 0 Å². The van der Waals surface area contributed by atoms with Gasteiger partial charge in [-0.05, 0) is 35.9 Å². The second kappa shape index (κ2) is 8.31. The molecule has 0 radical (unpaired) electrons. The van der Waals surface area contributed by atoms with Gasteiger partial charge in [0.05, 0.1) is 29.2 Å². The molecule has 4 aromatic rings. The van der Waals surface area contributed by atoms with Crippen LogP contribution in [0, 0.1) is 5.82 Å². The summed E-state index contributed by atoms with van der Waals surface area (Å²) in [5.74, 6) is -0.226. The minimum absolute atomic E-state index is 0.115. The topological polar surface area (TPSA) is 93.0 Å². The lowest BCUT2D eigenvalue weighted by Crippen LogP contribution is -2.25. The van der Waals surface area contributed by atoms with E-state index in [1.54, 1.807) is 54.6 Å². The van der Waals surface area contributed by atoms with Crippen LogP contribution in [0.5, 0.6) is 0 Å². The molecule has 1 N–H and O–H groups in total. The molecule has 0 aliphatic rings. The Hall–Kier alpha value is -4.14. The lowest BCUT2D eigenvalue weighted by Gasteiger charge is -2.14. The zero-order valence-electron chi connectivity index (χ0n) is 16.9. The van der Waals surface area contributed by atoms with Gasteiger partial charge in [0.25, 0.3) is 5.91 Å². The van der Waals surface area contributed by atoms with Crippen LogP contribution in [0.1, 0.15) is 22.8 Å². The van der Waals surface area contributed by atoms with Crippen molar-refractivity contribution in [3.05, 3.63) is 78.1 Å². The van der Waals surface area contributed by atoms with Crippen LogP contribution < -0.4 is 10.2 Å². The number of hydrogen-bond acceptors (Lipinski definition) is 5. The molecule has 8 nitrogen and oxygen atoms in total. The maximum Gasteiger partial charge on any atom is 0.253 e. The van der Waals surface area contributed by atoms with Gasteiger partial charge in [-0.25, -0.2) is 14.1 Å². The Balaban J connectivity index is 1.52. The summed E-state index contributed by atoms with van der Waals surface area (Å²) in [6.07, 6.45) is 6.29. The second-order valence-electron chi connectivity index (χ2n) is 6.94. The van der Waals surface area contributed by atoms with Gasteiger partial charge in [0.1, 0.15) is 11.6 Å². The number of carbonyl (C=O) groups is 2. The van der Waals surface area contributed by atoms with Gasteiger partial charge in [-0.3, -0.25) is 14.6 Å². The van der Waals surface area contributed by atoms with Crippen LogP contribution in [0.15, 0.2) is 61.2 Å². The number of benzene rings is 1. The average Bonchev–Trinajstić information content (AvgIpc) is 3.22. The first-order valence-corrected chi connectivity index (χ1v) is 9.49. The van der Waals surface area contributed by atoms with Gasteiger partial charge >= 0.3 is 0 Å². The van der Waals surface area contributed by atoms with E-state index < -0.39 is 0 Å². The van der Waals surface area contributed by atoms with E-state index in [9.17, 15) is 14.0 Å². The van der Waals surface area contributed by atoms with Crippen molar-refractivity contribution >= 4 is 28.5 Å². The number of nitrogens with zero attached hydrogens (tertiary/aromatic N) is 5. The highest BCUT2D eigenvalue weighted by molar-refractivity contribution is 6.05. The number of aromatic nitrogens is 4. The van der Waals surface area contributed by atoms with Crippen molar-refractivity contribution in [2.45, 2.75) is 13.5 Å². The minimum Gasteiger partial charge on any atom is -0.348 e. The number of nitrogens with one attached hydrogen (secondary N) is 1. The van der Waals surface area contributed by atoms with Crippen LogP contribution in [0.2, 0.25) is 0 Å². The van der Waals surface area contributed by atoms with Crippen molar-refractivity contribution < 1.29 is 14.0 Å². The summed E-state index contributed by atoms with van der Waals surface area (Å²) in [5, 5.41) is 7.81. The van der Waals surface area contributed by atoms with Crippen molar-refractivity contribution in [3.8, 4) is 5.69 Å². The smallest absolute Gasteiger partial charge is 0.253 e.